The van der Waals surface area contributed by atoms with Crippen molar-refractivity contribution in [1.29, 1.82) is 0 Å². The smallest absolute Gasteiger partial charge is 0.311 e. The second-order valence-electron chi connectivity index (χ2n) is 9.39. The number of hydrogen-bond acceptors (Lipinski definition) is 6. The highest BCUT2D eigenvalue weighted by molar-refractivity contribution is 14.1. The zero-order chi connectivity index (χ0) is 25.0. The molecule has 35 heavy (non-hydrogen) atoms. The Hall–Kier alpha value is -1.75. The Morgan fingerprint density at radius 1 is 1.03 bits per heavy atom. The molecule has 2 aliphatic rings. The van der Waals surface area contributed by atoms with Crippen LogP contribution in [0.1, 0.15) is 41.9 Å². The number of halogens is 1. The van der Waals surface area contributed by atoms with Gasteiger partial charge in [-0.05, 0) is 54.9 Å². The van der Waals surface area contributed by atoms with Crippen LogP contribution in [0, 0.1) is 19.8 Å². The fourth-order valence-electron chi connectivity index (χ4n) is 5.39. The monoisotopic (exact) mass is 609 g/mol. The van der Waals surface area contributed by atoms with Gasteiger partial charge in [0.25, 0.3) is 10.1 Å². The van der Waals surface area contributed by atoms with Gasteiger partial charge in [0.05, 0.1) is 10.8 Å². The van der Waals surface area contributed by atoms with Crippen LogP contribution in [0.2, 0.25) is 0 Å². The molecule has 4 rings (SSSR count). The summed E-state index contributed by atoms with van der Waals surface area (Å²) in [5.74, 6) is -0.494. The quantitative estimate of drug-likeness (QED) is 0.170. The number of carbonyl (C=O) groups is 1. The molecule has 2 bridgehead atoms. The lowest BCUT2D eigenvalue weighted by molar-refractivity contribution is -0.154. The van der Waals surface area contributed by atoms with Crippen molar-refractivity contribution in [2.75, 3.05) is 19.8 Å². The molecule has 2 aromatic rings. The van der Waals surface area contributed by atoms with Crippen LogP contribution < -0.4 is 0 Å². The highest BCUT2D eigenvalue weighted by Gasteiger charge is 2.50. The van der Waals surface area contributed by atoms with Crippen LogP contribution in [0.3, 0.4) is 0 Å². The molecule has 2 heterocycles. The summed E-state index contributed by atoms with van der Waals surface area (Å²) in [6.07, 6.45) is 5.07. The molecule has 0 radical (unpaired) electrons. The third-order valence-electron chi connectivity index (χ3n) is 7.12. The van der Waals surface area contributed by atoms with Crippen molar-refractivity contribution >= 4 is 38.7 Å². The molecule has 2 aliphatic heterocycles. The van der Waals surface area contributed by atoms with E-state index in [4.69, 9.17) is 8.92 Å². The van der Waals surface area contributed by atoms with Gasteiger partial charge in [-0.15, -0.1) is 0 Å². The first-order chi connectivity index (χ1) is 16.8. The van der Waals surface area contributed by atoms with Crippen LogP contribution in [0.15, 0.2) is 63.6 Å². The van der Waals surface area contributed by atoms with Crippen molar-refractivity contribution in [1.82, 2.24) is 4.90 Å². The lowest BCUT2D eigenvalue weighted by atomic mass is 9.76. The molecule has 2 aromatic carbocycles. The van der Waals surface area contributed by atoms with Gasteiger partial charge in [-0.25, -0.2) is 0 Å². The Morgan fingerprint density at radius 2 is 1.69 bits per heavy atom. The molecule has 8 heteroatoms. The lowest BCUT2D eigenvalue weighted by Gasteiger charge is -2.43. The molecule has 6 nitrogen and oxygen atoms in total. The van der Waals surface area contributed by atoms with E-state index in [9.17, 15) is 13.2 Å². The molecule has 2 saturated heterocycles. The van der Waals surface area contributed by atoms with Gasteiger partial charge in [-0.2, -0.15) is 8.42 Å². The van der Waals surface area contributed by atoms with E-state index in [0.29, 0.717) is 6.04 Å². The van der Waals surface area contributed by atoms with Crippen LogP contribution in [-0.2, 0) is 23.8 Å². The van der Waals surface area contributed by atoms with E-state index in [0.717, 1.165) is 36.9 Å². The van der Waals surface area contributed by atoms with E-state index in [-0.39, 0.29) is 42.0 Å². The third-order valence-corrected chi connectivity index (χ3v) is 8.96. The van der Waals surface area contributed by atoms with Crippen molar-refractivity contribution in [2.45, 2.75) is 56.0 Å². The van der Waals surface area contributed by atoms with Crippen LogP contribution in [0.25, 0.3) is 0 Å². The number of aryl methyl sites for hydroxylation is 2. The van der Waals surface area contributed by atoms with Crippen molar-refractivity contribution in [3.63, 3.8) is 0 Å². The van der Waals surface area contributed by atoms with Crippen LogP contribution in [-0.4, -0.2) is 51.1 Å². The van der Waals surface area contributed by atoms with Crippen molar-refractivity contribution in [3.05, 3.63) is 75.4 Å². The van der Waals surface area contributed by atoms with E-state index >= 15 is 0 Å². The summed E-state index contributed by atoms with van der Waals surface area (Å²) in [5.41, 5.74) is 3.31. The number of piperidine rings is 1. The summed E-state index contributed by atoms with van der Waals surface area (Å²) in [6, 6.07) is 15.5. The molecule has 0 aromatic heterocycles. The van der Waals surface area contributed by atoms with Crippen molar-refractivity contribution in [2.24, 2.45) is 5.92 Å². The fourth-order valence-corrected chi connectivity index (χ4v) is 6.51. The van der Waals surface area contributed by atoms with Gasteiger partial charge in [0.2, 0.25) is 0 Å². The van der Waals surface area contributed by atoms with Crippen molar-refractivity contribution in [3.8, 4) is 0 Å². The predicted molar refractivity (Wildman–Crippen MR) is 144 cm³/mol. The summed E-state index contributed by atoms with van der Waals surface area (Å²) in [5, 5.41) is 0. The second kappa shape index (κ2) is 11.5. The molecule has 0 aliphatic carbocycles. The first-order valence-electron chi connectivity index (χ1n) is 12.0. The Kier molecular flexibility index (Phi) is 8.67. The number of nitrogens with zero attached hydrogens (tertiary/aromatic N) is 1. The van der Waals surface area contributed by atoms with E-state index in [1.807, 2.05) is 11.0 Å². The largest absolute Gasteiger partial charge is 0.463 e. The first-order valence-corrected chi connectivity index (χ1v) is 14.7. The summed E-state index contributed by atoms with van der Waals surface area (Å²) in [6.45, 7) is 4.45. The maximum absolute atomic E-state index is 13.4. The highest BCUT2D eigenvalue weighted by atomic mass is 127. The van der Waals surface area contributed by atoms with Gasteiger partial charge in [-0.1, -0.05) is 76.2 Å². The van der Waals surface area contributed by atoms with E-state index < -0.39 is 10.1 Å². The first kappa shape index (κ1) is 26.3. The molecule has 188 valence electrons. The molecule has 2 fully saturated rings. The van der Waals surface area contributed by atoms with Crippen LogP contribution in [0.5, 0.6) is 0 Å². The number of rotatable bonds is 9. The number of benzene rings is 2. The zero-order valence-corrected chi connectivity index (χ0v) is 23.1. The molecule has 0 amide bonds. The standard InChI is InChI=1S/C27H32INO5S/c1-19-4-8-21(9-5-19)24-18-22-10-13-25(29(22)15-3-14-28)26(24)27(30)33-16-17-34-35(31,32)23-11-6-20(2)7-12-23/h3-9,11-12,14,22,24-26H,10,13,15-18H2,1-2H3/b14-3+. The summed E-state index contributed by atoms with van der Waals surface area (Å²) >= 11 is 2.23. The number of carbonyl (C=O) groups excluding carboxylic acids is 1. The fraction of sp³-hybridized carbons (Fsp3) is 0.444. The molecule has 0 spiro atoms. The number of ether oxygens (including phenoxy) is 1. The Morgan fingerprint density at radius 3 is 2.34 bits per heavy atom. The third kappa shape index (κ3) is 6.15. The van der Waals surface area contributed by atoms with Gasteiger partial charge < -0.3 is 4.74 Å². The molecular weight excluding hydrogens is 577 g/mol. The van der Waals surface area contributed by atoms with Gasteiger partial charge in [0.1, 0.15) is 13.2 Å². The maximum Gasteiger partial charge on any atom is 0.311 e. The lowest BCUT2D eigenvalue weighted by Crippen LogP contribution is -2.51. The van der Waals surface area contributed by atoms with Crippen molar-refractivity contribution < 1.29 is 22.1 Å². The Bertz CT molecular complexity index is 1150. The van der Waals surface area contributed by atoms with E-state index in [2.05, 4.69) is 64.8 Å². The second-order valence-corrected chi connectivity index (χ2v) is 11.7. The van der Waals surface area contributed by atoms with Gasteiger partial charge in [0, 0.05) is 24.5 Å². The Balaban J connectivity index is 1.44. The molecule has 0 N–H and O–H groups in total. The zero-order valence-electron chi connectivity index (χ0n) is 20.1. The molecular formula is C27H32INO5S. The van der Waals surface area contributed by atoms with Gasteiger partial charge in [0.15, 0.2) is 0 Å². The average molecular weight is 610 g/mol. The molecule has 4 atom stereocenters. The summed E-state index contributed by atoms with van der Waals surface area (Å²) < 4.78 is 37.6. The Labute approximate surface area is 222 Å². The number of esters is 1. The predicted octanol–water partition coefficient (Wildman–Crippen LogP) is 5.14. The van der Waals surface area contributed by atoms with E-state index in [1.54, 1.807) is 12.1 Å². The van der Waals surface area contributed by atoms with Crippen LogP contribution >= 0.6 is 22.6 Å². The van der Waals surface area contributed by atoms with Gasteiger partial charge in [-0.3, -0.25) is 13.9 Å². The number of fused-ring (bicyclic) bond motifs is 2. The normalized spacial score (nSPS) is 24.7. The average Bonchev–Trinajstić information content (AvgIpc) is 3.11. The summed E-state index contributed by atoms with van der Waals surface area (Å²) in [7, 11) is -3.89. The summed E-state index contributed by atoms with van der Waals surface area (Å²) in [4.78, 5) is 15.9. The topological polar surface area (TPSA) is 72.9 Å². The van der Waals surface area contributed by atoms with E-state index in [1.165, 1.54) is 17.7 Å². The molecule has 4 unspecified atom stereocenters. The SMILES string of the molecule is Cc1ccc(C2CC3CCC(C2C(=O)OCCOS(=O)(=O)c2ccc(C)cc2)N3C/C=C/I)cc1. The highest BCUT2D eigenvalue weighted by Crippen LogP contribution is 2.47. The van der Waals surface area contributed by atoms with Crippen LogP contribution in [0.4, 0.5) is 0 Å². The number of hydrogen-bond donors (Lipinski definition) is 0. The minimum atomic E-state index is -3.89. The van der Waals surface area contributed by atoms with Gasteiger partial charge >= 0.3 is 5.97 Å². The minimum absolute atomic E-state index is 0.0811. The minimum Gasteiger partial charge on any atom is -0.463 e. The molecule has 0 saturated carbocycles. The maximum atomic E-state index is 13.4.